The van der Waals surface area contributed by atoms with Crippen LogP contribution in [0.3, 0.4) is 0 Å². The summed E-state index contributed by atoms with van der Waals surface area (Å²) in [7, 11) is 0. The average molecular weight is 303 g/mol. The molecule has 120 valence electrons. The summed E-state index contributed by atoms with van der Waals surface area (Å²) in [6.07, 6.45) is 5.16. The second kappa shape index (κ2) is 7.97. The first kappa shape index (κ1) is 16.5. The van der Waals surface area contributed by atoms with Gasteiger partial charge in [0, 0.05) is 18.0 Å². The van der Waals surface area contributed by atoms with Crippen molar-refractivity contribution in [2.75, 3.05) is 6.61 Å². The zero-order valence-electron chi connectivity index (χ0n) is 13.4. The highest BCUT2D eigenvalue weighted by Gasteiger charge is 2.22. The molecule has 0 aliphatic heterocycles. The molecule has 1 fully saturated rings. The zero-order valence-corrected chi connectivity index (χ0v) is 13.4. The van der Waals surface area contributed by atoms with Crippen LogP contribution in [0.15, 0.2) is 24.3 Å². The van der Waals surface area contributed by atoms with Gasteiger partial charge >= 0.3 is 0 Å². The molecular weight excluding hydrogens is 278 g/mol. The van der Waals surface area contributed by atoms with Gasteiger partial charge in [-0.1, -0.05) is 26.7 Å². The molecule has 22 heavy (non-hydrogen) atoms. The molecule has 4 heteroatoms. The summed E-state index contributed by atoms with van der Waals surface area (Å²) in [6, 6.07) is 7.22. The molecule has 1 amide bonds. The summed E-state index contributed by atoms with van der Waals surface area (Å²) in [5.41, 5.74) is 0.676. The van der Waals surface area contributed by atoms with Crippen LogP contribution in [0, 0.1) is 5.92 Å². The van der Waals surface area contributed by atoms with E-state index in [4.69, 9.17) is 4.74 Å². The Balaban J connectivity index is 1.79. The monoisotopic (exact) mass is 303 g/mol. The van der Waals surface area contributed by atoms with Gasteiger partial charge in [-0.2, -0.15) is 0 Å². The van der Waals surface area contributed by atoms with E-state index < -0.39 is 0 Å². The molecule has 0 bridgehead atoms. The summed E-state index contributed by atoms with van der Waals surface area (Å²) >= 11 is 0. The normalized spacial score (nSPS) is 21.2. The zero-order chi connectivity index (χ0) is 15.9. The molecular formula is C18H25NO3. The standard InChI is InChI=1S/C18H25NO3/c1-3-17(20)14-8-10-15(11-9-14)22-12-18(21)19-16-7-5-4-6-13(16)2/h8-11,13,16H,3-7,12H2,1-2H3,(H,19,21)/t13-,16-/m0/s1. The van der Waals surface area contributed by atoms with E-state index in [-0.39, 0.29) is 24.3 Å². The Labute approximate surface area is 132 Å². The van der Waals surface area contributed by atoms with Crippen LogP contribution in [0.2, 0.25) is 0 Å². The molecule has 0 heterocycles. The van der Waals surface area contributed by atoms with E-state index in [2.05, 4.69) is 12.2 Å². The fourth-order valence-corrected chi connectivity index (χ4v) is 2.87. The Morgan fingerprint density at radius 2 is 1.86 bits per heavy atom. The lowest BCUT2D eigenvalue weighted by atomic mass is 9.86. The van der Waals surface area contributed by atoms with Gasteiger partial charge in [0.05, 0.1) is 0 Å². The molecule has 0 unspecified atom stereocenters. The third-order valence-corrected chi connectivity index (χ3v) is 4.33. The van der Waals surface area contributed by atoms with Crippen LogP contribution in [0.5, 0.6) is 5.75 Å². The average Bonchev–Trinajstić information content (AvgIpc) is 2.55. The van der Waals surface area contributed by atoms with Crippen molar-refractivity contribution in [2.45, 2.75) is 52.0 Å². The van der Waals surface area contributed by atoms with E-state index in [0.29, 0.717) is 23.7 Å². The van der Waals surface area contributed by atoms with Crippen molar-refractivity contribution >= 4 is 11.7 Å². The first-order valence-corrected chi connectivity index (χ1v) is 8.15. The summed E-state index contributed by atoms with van der Waals surface area (Å²) in [5, 5.41) is 3.06. The lowest BCUT2D eigenvalue weighted by molar-refractivity contribution is -0.124. The lowest BCUT2D eigenvalue weighted by Crippen LogP contribution is -2.43. The summed E-state index contributed by atoms with van der Waals surface area (Å²) < 4.78 is 5.49. The highest BCUT2D eigenvalue weighted by molar-refractivity contribution is 5.95. The fraction of sp³-hybridized carbons (Fsp3) is 0.556. The van der Waals surface area contributed by atoms with Crippen molar-refractivity contribution in [3.63, 3.8) is 0 Å². The highest BCUT2D eigenvalue weighted by atomic mass is 16.5. The number of hydrogen-bond donors (Lipinski definition) is 1. The van der Waals surface area contributed by atoms with Gasteiger partial charge in [0.1, 0.15) is 5.75 Å². The molecule has 0 saturated heterocycles. The molecule has 2 rings (SSSR count). The van der Waals surface area contributed by atoms with Crippen molar-refractivity contribution in [3.05, 3.63) is 29.8 Å². The minimum atomic E-state index is -0.0764. The number of nitrogens with one attached hydrogen (secondary N) is 1. The van der Waals surface area contributed by atoms with E-state index in [9.17, 15) is 9.59 Å². The number of hydrogen-bond acceptors (Lipinski definition) is 3. The van der Waals surface area contributed by atoms with Crippen molar-refractivity contribution < 1.29 is 14.3 Å². The number of carbonyl (C=O) groups excluding carboxylic acids is 2. The van der Waals surface area contributed by atoms with Crippen molar-refractivity contribution in [1.29, 1.82) is 0 Å². The maximum Gasteiger partial charge on any atom is 0.258 e. The van der Waals surface area contributed by atoms with Gasteiger partial charge in [-0.15, -0.1) is 0 Å². The smallest absolute Gasteiger partial charge is 0.258 e. The first-order valence-electron chi connectivity index (χ1n) is 8.15. The second-order valence-corrected chi connectivity index (χ2v) is 6.03. The molecule has 1 aromatic rings. The molecule has 1 N–H and O–H groups in total. The van der Waals surface area contributed by atoms with Gasteiger partial charge < -0.3 is 10.1 Å². The topological polar surface area (TPSA) is 55.4 Å². The van der Waals surface area contributed by atoms with Gasteiger partial charge in [-0.3, -0.25) is 9.59 Å². The van der Waals surface area contributed by atoms with Crippen LogP contribution in [0.4, 0.5) is 0 Å². The van der Waals surface area contributed by atoms with Gasteiger partial charge in [0.2, 0.25) is 0 Å². The number of amides is 1. The quantitative estimate of drug-likeness (QED) is 0.820. The molecule has 2 atom stereocenters. The highest BCUT2D eigenvalue weighted by Crippen LogP contribution is 2.23. The molecule has 0 aromatic heterocycles. The number of Topliss-reactive ketones (excluding diaryl/α,β-unsaturated/α-hetero) is 1. The Hall–Kier alpha value is -1.84. The molecule has 1 saturated carbocycles. The summed E-state index contributed by atoms with van der Waals surface area (Å²) in [5.74, 6) is 1.18. The van der Waals surface area contributed by atoms with Crippen molar-refractivity contribution in [2.24, 2.45) is 5.92 Å². The van der Waals surface area contributed by atoms with Gasteiger partial charge in [-0.25, -0.2) is 0 Å². The maximum atomic E-state index is 12.0. The maximum absolute atomic E-state index is 12.0. The Bertz CT molecular complexity index is 510. The van der Waals surface area contributed by atoms with Crippen LogP contribution >= 0.6 is 0 Å². The SMILES string of the molecule is CCC(=O)c1ccc(OCC(=O)N[C@H]2CCCC[C@@H]2C)cc1. The van der Waals surface area contributed by atoms with E-state index in [1.54, 1.807) is 24.3 Å². The molecule has 1 aliphatic carbocycles. The van der Waals surface area contributed by atoms with Crippen LogP contribution < -0.4 is 10.1 Å². The number of carbonyl (C=O) groups is 2. The predicted molar refractivity (Wildman–Crippen MR) is 86.1 cm³/mol. The van der Waals surface area contributed by atoms with E-state index >= 15 is 0 Å². The van der Waals surface area contributed by atoms with Crippen LogP contribution in [-0.2, 0) is 4.79 Å². The Morgan fingerprint density at radius 3 is 2.50 bits per heavy atom. The fourth-order valence-electron chi connectivity index (χ4n) is 2.87. The lowest BCUT2D eigenvalue weighted by Gasteiger charge is -2.29. The minimum Gasteiger partial charge on any atom is -0.484 e. The number of benzene rings is 1. The van der Waals surface area contributed by atoms with E-state index in [1.807, 2.05) is 6.92 Å². The Kier molecular flexibility index (Phi) is 5.99. The van der Waals surface area contributed by atoms with E-state index in [1.165, 1.54) is 19.3 Å². The third-order valence-electron chi connectivity index (χ3n) is 4.33. The molecule has 1 aromatic carbocycles. The number of ketones is 1. The molecule has 0 radical (unpaired) electrons. The molecule has 1 aliphatic rings. The summed E-state index contributed by atoms with van der Waals surface area (Å²) in [6.45, 7) is 4.04. The Morgan fingerprint density at radius 1 is 1.18 bits per heavy atom. The third kappa shape index (κ3) is 4.58. The minimum absolute atomic E-state index is 0.0181. The first-order chi connectivity index (χ1) is 10.6. The molecule has 4 nitrogen and oxygen atoms in total. The largest absolute Gasteiger partial charge is 0.484 e. The van der Waals surface area contributed by atoms with Crippen molar-refractivity contribution in [3.8, 4) is 5.75 Å². The van der Waals surface area contributed by atoms with Crippen LogP contribution in [0.1, 0.15) is 56.3 Å². The van der Waals surface area contributed by atoms with Gasteiger partial charge in [0.15, 0.2) is 12.4 Å². The number of rotatable bonds is 6. The van der Waals surface area contributed by atoms with Crippen LogP contribution in [-0.4, -0.2) is 24.3 Å². The second-order valence-electron chi connectivity index (χ2n) is 6.03. The molecule has 0 spiro atoms. The van der Waals surface area contributed by atoms with Gasteiger partial charge in [0.25, 0.3) is 5.91 Å². The number of ether oxygens (including phenoxy) is 1. The van der Waals surface area contributed by atoms with Crippen LogP contribution in [0.25, 0.3) is 0 Å². The van der Waals surface area contributed by atoms with E-state index in [0.717, 1.165) is 6.42 Å². The van der Waals surface area contributed by atoms with Crippen molar-refractivity contribution in [1.82, 2.24) is 5.32 Å². The predicted octanol–water partition coefficient (Wildman–Crippen LogP) is 3.35. The van der Waals surface area contributed by atoms with Gasteiger partial charge in [-0.05, 0) is 43.0 Å². The summed E-state index contributed by atoms with van der Waals surface area (Å²) in [4.78, 5) is 23.5.